The van der Waals surface area contributed by atoms with Crippen molar-refractivity contribution in [2.24, 2.45) is 11.5 Å². The van der Waals surface area contributed by atoms with Crippen LogP contribution in [0.5, 0.6) is 0 Å². The maximum absolute atomic E-state index is 5.85. The molecule has 0 aliphatic carbocycles. The molecule has 0 amide bonds. The van der Waals surface area contributed by atoms with Gasteiger partial charge in [-0.1, -0.05) is 11.6 Å². The van der Waals surface area contributed by atoms with Crippen molar-refractivity contribution in [3.8, 4) is 0 Å². The van der Waals surface area contributed by atoms with E-state index in [4.69, 9.17) is 23.1 Å². The highest BCUT2D eigenvalue weighted by Gasteiger charge is 2.12. The molecular formula is C7H9ClIN3. The number of aromatic nitrogens is 1. The van der Waals surface area contributed by atoms with E-state index < -0.39 is 0 Å². The van der Waals surface area contributed by atoms with Crippen LogP contribution < -0.4 is 11.5 Å². The van der Waals surface area contributed by atoms with Gasteiger partial charge in [0.1, 0.15) is 5.15 Å². The first-order valence-corrected chi connectivity index (χ1v) is 4.88. The van der Waals surface area contributed by atoms with Crippen LogP contribution >= 0.6 is 34.2 Å². The van der Waals surface area contributed by atoms with Gasteiger partial charge in [-0.3, -0.25) is 0 Å². The number of hydrogen-bond donors (Lipinski definition) is 2. The van der Waals surface area contributed by atoms with Crippen molar-refractivity contribution >= 4 is 34.2 Å². The van der Waals surface area contributed by atoms with Gasteiger partial charge in [-0.2, -0.15) is 0 Å². The van der Waals surface area contributed by atoms with Crippen molar-refractivity contribution in [2.45, 2.75) is 6.04 Å². The van der Waals surface area contributed by atoms with Gasteiger partial charge in [0.2, 0.25) is 0 Å². The molecule has 0 bridgehead atoms. The zero-order valence-electron chi connectivity index (χ0n) is 6.30. The van der Waals surface area contributed by atoms with Gasteiger partial charge in [0, 0.05) is 27.9 Å². The monoisotopic (exact) mass is 297 g/mol. The number of pyridine rings is 1. The molecule has 0 saturated heterocycles. The molecule has 0 spiro atoms. The minimum Gasteiger partial charge on any atom is -0.329 e. The van der Waals surface area contributed by atoms with Crippen molar-refractivity contribution in [2.75, 3.05) is 6.54 Å². The van der Waals surface area contributed by atoms with Crippen molar-refractivity contribution in [3.63, 3.8) is 0 Å². The SMILES string of the molecule is NC[C@H](N)c1c(I)ccnc1Cl. The molecule has 0 aliphatic rings. The third-order valence-corrected chi connectivity index (χ3v) is 2.75. The second-order valence-electron chi connectivity index (χ2n) is 2.34. The molecule has 0 aliphatic heterocycles. The van der Waals surface area contributed by atoms with Crippen LogP contribution in [-0.4, -0.2) is 11.5 Å². The minimum absolute atomic E-state index is 0.224. The fraction of sp³-hybridized carbons (Fsp3) is 0.286. The zero-order chi connectivity index (χ0) is 9.14. The number of rotatable bonds is 2. The van der Waals surface area contributed by atoms with Gasteiger partial charge < -0.3 is 11.5 Å². The second kappa shape index (κ2) is 4.36. The van der Waals surface area contributed by atoms with Crippen LogP contribution in [0.2, 0.25) is 5.15 Å². The molecule has 1 aromatic rings. The highest BCUT2D eigenvalue weighted by molar-refractivity contribution is 14.1. The van der Waals surface area contributed by atoms with E-state index in [9.17, 15) is 0 Å². The van der Waals surface area contributed by atoms with E-state index in [1.54, 1.807) is 6.20 Å². The highest BCUT2D eigenvalue weighted by atomic mass is 127. The lowest BCUT2D eigenvalue weighted by atomic mass is 10.1. The summed E-state index contributed by atoms with van der Waals surface area (Å²) >= 11 is 8.02. The van der Waals surface area contributed by atoms with Crippen LogP contribution in [0.15, 0.2) is 12.3 Å². The van der Waals surface area contributed by atoms with E-state index in [2.05, 4.69) is 27.6 Å². The number of nitrogens with two attached hydrogens (primary N) is 2. The number of halogens is 2. The largest absolute Gasteiger partial charge is 0.329 e. The Bertz CT molecular complexity index is 259. The van der Waals surface area contributed by atoms with Gasteiger partial charge in [0.15, 0.2) is 0 Å². The number of hydrogen-bond acceptors (Lipinski definition) is 3. The summed E-state index contributed by atoms with van der Waals surface area (Å²) in [6.07, 6.45) is 1.65. The summed E-state index contributed by atoms with van der Waals surface area (Å²) in [4.78, 5) is 3.93. The molecule has 3 nitrogen and oxygen atoms in total. The molecule has 0 aromatic carbocycles. The van der Waals surface area contributed by atoms with E-state index in [0.29, 0.717) is 11.7 Å². The summed E-state index contributed by atoms with van der Waals surface area (Å²) in [5, 5.41) is 0.444. The second-order valence-corrected chi connectivity index (χ2v) is 3.86. The molecule has 12 heavy (non-hydrogen) atoms. The average molecular weight is 298 g/mol. The summed E-state index contributed by atoms with van der Waals surface area (Å²) in [5.41, 5.74) is 12.0. The molecule has 0 unspecified atom stereocenters. The van der Waals surface area contributed by atoms with Gasteiger partial charge in [0.25, 0.3) is 0 Å². The lowest BCUT2D eigenvalue weighted by Gasteiger charge is -2.11. The minimum atomic E-state index is -0.224. The van der Waals surface area contributed by atoms with E-state index in [0.717, 1.165) is 9.13 Å². The van der Waals surface area contributed by atoms with Crippen LogP contribution in [0.3, 0.4) is 0 Å². The summed E-state index contributed by atoms with van der Waals surface area (Å²) in [7, 11) is 0. The van der Waals surface area contributed by atoms with Crippen LogP contribution in [0.1, 0.15) is 11.6 Å². The Kier molecular flexibility index (Phi) is 3.70. The molecule has 66 valence electrons. The summed E-state index contributed by atoms with van der Waals surface area (Å²) in [6.45, 7) is 0.376. The lowest BCUT2D eigenvalue weighted by molar-refractivity contribution is 0.729. The fourth-order valence-corrected chi connectivity index (χ4v) is 2.15. The Morgan fingerprint density at radius 3 is 2.83 bits per heavy atom. The normalized spacial score (nSPS) is 13.0. The smallest absolute Gasteiger partial charge is 0.134 e. The average Bonchev–Trinajstić information content (AvgIpc) is 2.03. The standard InChI is InChI=1S/C7H9ClIN3/c8-7-6(5(11)3-10)4(9)1-2-12-7/h1-2,5H,3,10-11H2/t5-/m0/s1. The first kappa shape index (κ1) is 10.2. The van der Waals surface area contributed by atoms with E-state index in [-0.39, 0.29) is 6.04 Å². The topological polar surface area (TPSA) is 64.9 Å². The first-order chi connectivity index (χ1) is 5.66. The Labute approximate surface area is 89.6 Å². The van der Waals surface area contributed by atoms with Crippen LogP contribution in [0.25, 0.3) is 0 Å². The summed E-state index contributed by atoms with van der Waals surface area (Å²) < 4.78 is 1.01. The van der Waals surface area contributed by atoms with E-state index in [1.807, 2.05) is 6.07 Å². The van der Waals surface area contributed by atoms with Crippen LogP contribution in [-0.2, 0) is 0 Å². The molecule has 1 rings (SSSR count). The van der Waals surface area contributed by atoms with Crippen LogP contribution in [0.4, 0.5) is 0 Å². The van der Waals surface area contributed by atoms with Gasteiger partial charge in [0.05, 0.1) is 0 Å². The molecule has 4 N–H and O–H groups in total. The van der Waals surface area contributed by atoms with Gasteiger partial charge in [-0.05, 0) is 28.7 Å². The molecule has 1 atom stereocenters. The van der Waals surface area contributed by atoms with E-state index in [1.165, 1.54) is 0 Å². The van der Waals surface area contributed by atoms with E-state index >= 15 is 0 Å². The summed E-state index contributed by atoms with van der Waals surface area (Å²) in [5.74, 6) is 0. The van der Waals surface area contributed by atoms with Crippen molar-refractivity contribution in [3.05, 3.63) is 26.5 Å². The molecular weight excluding hydrogens is 288 g/mol. The molecule has 0 saturated carbocycles. The molecule has 0 radical (unpaired) electrons. The maximum atomic E-state index is 5.85. The van der Waals surface area contributed by atoms with Crippen molar-refractivity contribution < 1.29 is 0 Å². The Hall–Kier alpha value is 0.0900. The van der Waals surface area contributed by atoms with Gasteiger partial charge in [-0.25, -0.2) is 4.98 Å². The van der Waals surface area contributed by atoms with Crippen molar-refractivity contribution in [1.29, 1.82) is 0 Å². The molecule has 5 heteroatoms. The quantitative estimate of drug-likeness (QED) is 0.639. The summed E-state index contributed by atoms with van der Waals surface area (Å²) in [6, 6.07) is 1.63. The Balaban J connectivity index is 3.12. The van der Waals surface area contributed by atoms with Crippen molar-refractivity contribution in [1.82, 2.24) is 4.98 Å². The Morgan fingerprint density at radius 1 is 1.67 bits per heavy atom. The van der Waals surface area contributed by atoms with Gasteiger partial charge in [-0.15, -0.1) is 0 Å². The van der Waals surface area contributed by atoms with Gasteiger partial charge >= 0.3 is 0 Å². The zero-order valence-corrected chi connectivity index (χ0v) is 9.21. The van der Waals surface area contributed by atoms with Crippen LogP contribution in [0, 0.1) is 3.57 Å². The fourth-order valence-electron chi connectivity index (χ4n) is 0.874. The molecule has 0 fully saturated rings. The highest BCUT2D eigenvalue weighted by Crippen LogP contribution is 2.23. The number of nitrogens with zero attached hydrogens (tertiary/aromatic N) is 1. The third kappa shape index (κ3) is 2.07. The third-order valence-electron chi connectivity index (χ3n) is 1.51. The first-order valence-electron chi connectivity index (χ1n) is 3.42. The predicted octanol–water partition coefficient (Wildman–Crippen LogP) is 1.30. The lowest BCUT2D eigenvalue weighted by Crippen LogP contribution is -2.22. The predicted molar refractivity (Wildman–Crippen MR) is 57.9 cm³/mol. The Morgan fingerprint density at radius 2 is 2.33 bits per heavy atom. The molecule has 1 heterocycles. The maximum Gasteiger partial charge on any atom is 0.134 e. The molecule has 1 aromatic heterocycles.